The second kappa shape index (κ2) is 10.0. The molecule has 0 fully saturated rings. The number of nitrogens with zero attached hydrogens (tertiary/aromatic N) is 4. The number of carbonyl (C=O) groups excluding carboxylic acids is 2. The van der Waals surface area contributed by atoms with Gasteiger partial charge in [0.2, 0.25) is 5.78 Å². The summed E-state index contributed by atoms with van der Waals surface area (Å²) < 4.78 is 3.94. The number of Topliss-reactive ketones (excluding diaryl/α,β-unsaturated/α-hetero) is 1. The number of aliphatic hydroxyl groups is 1. The Hall–Kier alpha value is -5.34. The minimum atomic E-state index is -0.639. The standard InChI is InChI=1S/C33H25N5O3/c39-15-7-14-38-29-13-6-3-10-24(29)32(36-38)25-18-35-33(30(41)20-40)31(25)26-19-37(28-12-5-2-9-23(26)28)22-16-21-8-1-4-11-27(21)34-17-22/h1-6,8-13,16-20,35,39H,7,14-15H2. The van der Waals surface area contributed by atoms with E-state index in [2.05, 4.69) is 20.6 Å². The first-order valence-electron chi connectivity index (χ1n) is 13.4. The maximum Gasteiger partial charge on any atom is 0.242 e. The van der Waals surface area contributed by atoms with E-state index in [4.69, 9.17) is 5.10 Å². The fourth-order valence-corrected chi connectivity index (χ4v) is 5.64. The number of nitrogens with one attached hydrogen (secondary N) is 1. The Bertz CT molecular complexity index is 2100. The number of hydrogen-bond donors (Lipinski definition) is 2. The predicted octanol–water partition coefficient (Wildman–Crippen LogP) is 5.95. The van der Waals surface area contributed by atoms with Gasteiger partial charge in [0.15, 0.2) is 6.29 Å². The van der Waals surface area contributed by atoms with Crippen LogP contribution >= 0.6 is 0 Å². The van der Waals surface area contributed by atoms with Gasteiger partial charge in [0, 0.05) is 58.4 Å². The molecule has 2 N–H and O–H groups in total. The number of hydrogen-bond acceptors (Lipinski definition) is 5. The minimum absolute atomic E-state index is 0.0556. The lowest BCUT2D eigenvalue weighted by molar-refractivity contribution is -0.104. The third kappa shape index (κ3) is 4.04. The zero-order valence-corrected chi connectivity index (χ0v) is 22.0. The van der Waals surface area contributed by atoms with Gasteiger partial charge in [-0.15, -0.1) is 0 Å². The molecule has 8 nitrogen and oxygen atoms in total. The number of aldehydes is 1. The Balaban J connectivity index is 1.50. The third-order valence-electron chi connectivity index (χ3n) is 7.51. The predicted molar refractivity (Wildman–Crippen MR) is 159 cm³/mol. The monoisotopic (exact) mass is 539 g/mol. The van der Waals surface area contributed by atoms with Gasteiger partial charge in [0.05, 0.1) is 34.1 Å². The van der Waals surface area contributed by atoms with Gasteiger partial charge >= 0.3 is 0 Å². The van der Waals surface area contributed by atoms with Crippen molar-refractivity contribution in [3.8, 4) is 28.1 Å². The molecule has 0 radical (unpaired) electrons. The summed E-state index contributed by atoms with van der Waals surface area (Å²) in [5, 5.41) is 17.2. The average Bonchev–Trinajstić information content (AvgIpc) is 3.73. The summed E-state index contributed by atoms with van der Waals surface area (Å²) in [5.74, 6) is -0.639. The van der Waals surface area contributed by atoms with Gasteiger partial charge in [0.25, 0.3) is 0 Å². The van der Waals surface area contributed by atoms with Gasteiger partial charge in [-0.1, -0.05) is 54.6 Å². The summed E-state index contributed by atoms with van der Waals surface area (Å²) in [6.45, 7) is 0.602. The van der Waals surface area contributed by atoms with Crippen LogP contribution in [0, 0.1) is 0 Å². The van der Waals surface area contributed by atoms with Gasteiger partial charge in [-0.3, -0.25) is 19.3 Å². The van der Waals surface area contributed by atoms with Crippen molar-refractivity contribution >= 4 is 44.8 Å². The van der Waals surface area contributed by atoms with E-state index in [0.29, 0.717) is 36.1 Å². The van der Waals surface area contributed by atoms with E-state index in [0.717, 1.165) is 44.0 Å². The van der Waals surface area contributed by atoms with E-state index in [1.54, 1.807) is 6.20 Å². The summed E-state index contributed by atoms with van der Waals surface area (Å²) in [6, 6.07) is 25.9. The SMILES string of the molecule is O=CC(=O)c1[nH]cc(-c2nn(CCCO)c3ccccc23)c1-c1cn(-c2cnc3ccccc3c2)c2ccccc12. The maximum atomic E-state index is 13.0. The van der Waals surface area contributed by atoms with E-state index in [1.807, 2.05) is 89.9 Å². The van der Waals surface area contributed by atoms with Crippen molar-refractivity contribution in [3.63, 3.8) is 0 Å². The lowest BCUT2D eigenvalue weighted by Crippen LogP contribution is -2.03. The van der Waals surface area contributed by atoms with Crippen molar-refractivity contribution in [2.75, 3.05) is 6.61 Å². The summed E-state index contributed by atoms with van der Waals surface area (Å²) in [7, 11) is 0. The Morgan fingerprint density at radius 2 is 1.68 bits per heavy atom. The molecule has 41 heavy (non-hydrogen) atoms. The minimum Gasteiger partial charge on any atom is -0.396 e. The number of aliphatic hydroxyl groups excluding tert-OH is 1. The van der Waals surface area contributed by atoms with Crippen LogP contribution in [0.2, 0.25) is 0 Å². The summed E-state index contributed by atoms with van der Waals surface area (Å²) in [6.07, 6.45) is 6.48. The molecule has 4 heterocycles. The van der Waals surface area contributed by atoms with Crippen LogP contribution in [0.25, 0.3) is 60.8 Å². The Labute approximate surface area is 234 Å². The van der Waals surface area contributed by atoms with Crippen LogP contribution in [0.4, 0.5) is 0 Å². The number of carbonyl (C=O) groups is 2. The molecule has 0 saturated heterocycles. The number of aromatic amines is 1. The first-order chi connectivity index (χ1) is 20.2. The number of ketones is 1. The molecular formula is C33H25N5O3. The molecule has 0 unspecified atom stereocenters. The van der Waals surface area contributed by atoms with Crippen molar-refractivity contribution < 1.29 is 14.7 Å². The smallest absolute Gasteiger partial charge is 0.242 e. The molecule has 4 aromatic heterocycles. The molecule has 0 spiro atoms. The van der Waals surface area contributed by atoms with Crippen molar-refractivity contribution in [1.29, 1.82) is 0 Å². The second-order valence-electron chi connectivity index (χ2n) is 9.92. The van der Waals surface area contributed by atoms with Crippen LogP contribution in [0.15, 0.2) is 97.5 Å². The van der Waals surface area contributed by atoms with Crippen LogP contribution in [0.3, 0.4) is 0 Å². The maximum absolute atomic E-state index is 13.0. The second-order valence-corrected chi connectivity index (χ2v) is 9.92. The van der Waals surface area contributed by atoms with Crippen LogP contribution < -0.4 is 0 Å². The molecule has 200 valence electrons. The zero-order valence-electron chi connectivity index (χ0n) is 22.0. The highest BCUT2D eigenvalue weighted by molar-refractivity contribution is 6.35. The number of rotatable bonds is 8. The van der Waals surface area contributed by atoms with Gasteiger partial charge in [0.1, 0.15) is 5.69 Å². The number of pyridine rings is 1. The molecular weight excluding hydrogens is 514 g/mol. The van der Waals surface area contributed by atoms with Gasteiger partial charge in [-0.25, -0.2) is 0 Å². The molecule has 3 aromatic carbocycles. The van der Waals surface area contributed by atoms with E-state index in [9.17, 15) is 14.7 Å². The molecule has 0 atom stereocenters. The molecule has 7 rings (SSSR count). The van der Waals surface area contributed by atoms with Crippen LogP contribution in [-0.4, -0.2) is 48.1 Å². The largest absolute Gasteiger partial charge is 0.396 e. The van der Waals surface area contributed by atoms with Gasteiger partial charge in [-0.05, 0) is 30.7 Å². The third-order valence-corrected chi connectivity index (χ3v) is 7.51. The van der Waals surface area contributed by atoms with E-state index in [-0.39, 0.29) is 12.3 Å². The molecule has 0 aliphatic carbocycles. The van der Waals surface area contributed by atoms with E-state index in [1.165, 1.54) is 0 Å². The fourth-order valence-electron chi connectivity index (χ4n) is 5.64. The molecule has 0 bridgehead atoms. The molecule has 0 saturated carbocycles. The van der Waals surface area contributed by atoms with Crippen LogP contribution in [-0.2, 0) is 11.3 Å². The number of fused-ring (bicyclic) bond motifs is 3. The average molecular weight is 540 g/mol. The van der Waals surface area contributed by atoms with Crippen LogP contribution in [0.1, 0.15) is 16.9 Å². The van der Waals surface area contributed by atoms with Crippen molar-refractivity contribution in [3.05, 3.63) is 103 Å². The van der Waals surface area contributed by atoms with Crippen molar-refractivity contribution in [2.45, 2.75) is 13.0 Å². The lowest BCUT2D eigenvalue weighted by atomic mass is 9.96. The highest BCUT2D eigenvalue weighted by Crippen LogP contribution is 2.42. The highest BCUT2D eigenvalue weighted by atomic mass is 16.3. The van der Waals surface area contributed by atoms with Gasteiger partial charge < -0.3 is 14.7 Å². The van der Waals surface area contributed by atoms with E-state index >= 15 is 0 Å². The summed E-state index contributed by atoms with van der Waals surface area (Å²) in [5.41, 5.74) is 6.68. The molecule has 8 heteroatoms. The normalized spacial score (nSPS) is 11.5. The quantitative estimate of drug-likeness (QED) is 0.141. The number of para-hydroxylation sites is 3. The number of benzene rings is 3. The van der Waals surface area contributed by atoms with Crippen molar-refractivity contribution in [1.82, 2.24) is 24.3 Å². The summed E-state index contributed by atoms with van der Waals surface area (Å²) in [4.78, 5) is 32.5. The van der Waals surface area contributed by atoms with E-state index < -0.39 is 5.78 Å². The number of H-pyrrole nitrogens is 1. The molecule has 0 aliphatic heterocycles. The molecule has 0 amide bonds. The Morgan fingerprint density at radius 3 is 2.51 bits per heavy atom. The molecule has 7 aromatic rings. The first-order valence-corrected chi connectivity index (χ1v) is 13.4. The lowest BCUT2D eigenvalue weighted by Gasteiger charge is -2.06. The Kier molecular flexibility index (Phi) is 6.02. The van der Waals surface area contributed by atoms with Gasteiger partial charge in [-0.2, -0.15) is 5.10 Å². The number of aromatic nitrogens is 5. The highest BCUT2D eigenvalue weighted by Gasteiger charge is 2.26. The van der Waals surface area contributed by atoms with Crippen LogP contribution in [0.5, 0.6) is 0 Å². The number of aryl methyl sites for hydroxylation is 1. The zero-order chi connectivity index (χ0) is 27.9. The topological polar surface area (TPSA) is 106 Å². The summed E-state index contributed by atoms with van der Waals surface area (Å²) >= 11 is 0. The fraction of sp³-hybridized carbons (Fsp3) is 0.0909. The first kappa shape index (κ1) is 24.7. The van der Waals surface area contributed by atoms with Crippen molar-refractivity contribution in [2.24, 2.45) is 0 Å². The molecule has 0 aliphatic rings. The Morgan fingerprint density at radius 1 is 0.927 bits per heavy atom.